The fourth-order valence-electron chi connectivity index (χ4n) is 3.99. The van der Waals surface area contributed by atoms with Gasteiger partial charge >= 0.3 is 5.97 Å². The molecule has 1 atom stereocenters. The average Bonchev–Trinajstić information content (AvgIpc) is 3.47. The molecule has 2 aromatic carbocycles. The molecular formula is C23H24FN3O6S2. The number of ether oxygens (including phenoxy) is 2. The van der Waals surface area contributed by atoms with Gasteiger partial charge in [0.1, 0.15) is 11.9 Å². The first-order valence-electron chi connectivity index (χ1n) is 10.8. The summed E-state index contributed by atoms with van der Waals surface area (Å²) < 4.78 is 53.2. The van der Waals surface area contributed by atoms with Crippen molar-refractivity contribution in [1.82, 2.24) is 8.87 Å². The molecule has 0 N–H and O–H groups in total. The number of hydrogen-bond acceptors (Lipinski definition) is 7. The van der Waals surface area contributed by atoms with Crippen molar-refractivity contribution >= 4 is 43.5 Å². The van der Waals surface area contributed by atoms with Gasteiger partial charge in [0, 0.05) is 20.2 Å². The fraction of sp³-hybridized carbons (Fsp3) is 0.348. The Balaban J connectivity index is 1.72. The summed E-state index contributed by atoms with van der Waals surface area (Å²) >= 11 is 1.21. The van der Waals surface area contributed by atoms with Crippen LogP contribution < -0.4 is 4.80 Å². The van der Waals surface area contributed by atoms with Crippen molar-refractivity contribution in [3.63, 3.8) is 0 Å². The van der Waals surface area contributed by atoms with Crippen LogP contribution in [0.2, 0.25) is 0 Å². The van der Waals surface area contributed by atoms with Gasteiger partial charge in [-0.2, -0.15) is 9.30 Å². The van der Waals surface area contributed by atoms with E-state index in [0.717, 1.165) is 26.7 Å². The maximum absolute atomic E-state index is 13.3. The zero-order chi connectivity index (χ0) is 25.2. The summed E-state index contributed by atoms with van der Waals surface area (Å²) in [5, 5.41) is 0. The predicted molar refractivity (Wildman–Crippen MR) is 127 cm³/mol. The summed E-state index contributed by atoms with van der Waals surface area (Å²) in [5.41, 5.74) is 1.12. The summed E-state index contributed by atoms with van der Waals surface area (Å²) in [6.45, 7) is 0.938. The minimum atomic E-state index is -4.00. The molecule has 3 aromatic rings. The van der Waals surface area contributed by atoms with Crippen molar-refractivity contribution in [3.05, 3.63) is 58.6 Å². The normalized spacial score (nSPS) is 17.2. The highest BCUT2D eigenvalue weighted by Crippen LogP contribution is 2.27. The first kappa shape index (κ1) is 25.2. The number of halogens is 1. The van der Waals surface area contributed by atoms with E-state index in [9.17, 15) is 22.4 Å². The van der Waals surface area contributed by atoms with Crippen LogP contribution in [0.1, 0.15) is 23.2 Å². The molecule has 1 unspecified atom stereocenters. The molecule has 0 bridgehead atoms. The Morgan fingerprint density at radius 1 is 1.17 bits per heavy atom. The molecule has 2 heterocycles. The average molecular weight is 522 g/mol. The molecule has 35 heavy (non-hydrogen) atoms. The molecule has 1 fully saturated rings. The number of rotatable bonds is 7. The van der Waals surface area contributed by atoms with Crippen molar-refractivity contribution in [1.29, 1.82) is 0 Å². The van der Waals surface area contributed by atoms with Crippen LogP contribution in [0.5, 0.6) is 0 Å². The molecule has 0 spiro atoms. The number of benzene rings is 2. The SMILES string of the molecule is COCCn1c(=NC(=O)C2CCCN2S(=O)(=O)c2ccc(F)cc2)sc2cc(C(=O)OC)ccc21. The van der Waals surface area contributed by atoms with Gasteiger partial charge in [0.05, 0.1) is 34.4 Å². The largest absolute Gasteiger partial charge is 0.465 e. The van der Waals surface area contributed by atoms with Gasteiger partial charge in [0.15, 0.2) is 4.80 Å². The monoisotopic (exact) mass is 521 g/mol. The molecule has 9 nitrogen and oxygen atoms in total. The van der Waals surface area contributed by atoms with Crippen LogP contribution in [0.25, 0.3) is 10.2 Å². The molecule has 0 aliphatic carbocycles. The molecule has 1 amide bonds. The number of esters is 1. The Morgan fingerprint density at radius 3 is 2.60 bits per heavy atom. The molecule has 0 saturated carbocycles. The highest BCUT2D eigenvalue weighted by molar-refractivity contribution is 7.89. The van der Waals surface area contributed by atoms with Gasteiger partial charge in [-0.05, 0) is 55.3 Å². The highest BCUT2D eigenvalue weighted by atomic mass is 32.2. The molecule has 12 heteroatoms. The van der Waals surface area contributed by atoms with E-state index in [4.69, 9.17) is 9.47 Å². The van der Waals surface area contributed by atoms with E-state index < -0.39 is 33.8 Å². The minimum absolute atomic E-state index is 0.0778. The maximum Gasteiger partial charge on any atom is 0.337 e. The van der Waals surface area contributed by atoms with Crippen molar-refractivity contribution in [2.24, 2.45) is 4.99 Å². The van der Waals surface area contributed by atoms with E-state index in [1.165, 1.54) is 30.6 Å². The van der Waals surface area contributed by atoms with Gasteiger partial charge in [-0.1, -0.05) is 11.3 Å². The molecule has 1 aromatic heterocycles. The lowest BCUT2D eigenvalue weighted by molar-refractivity contribution is -0.121. The van der Waals surface area contributed by atoms with Crippen LogP contribution in [-0.4, -0.2) is 62.6 Å². The maximum atomic E-state index is 13.3. The number of sulfonamides is 1. The topological polar surface area (TPSA) is 107 Å². The summed E-state index contributed by atoms with van der Waals surface area (Å²) in [7, 11) is -1.14. The number of thiazole rings is 1. The molecule has 1 aliphatic heterocycles. The van der Waals surface area contributed by atoms with Crippen LogP contribution in [0.15, 0.2) is 52.4 Å². The van der Waals surface area contributed by atoms with Crippen LogP contribution in [-0.2, 0) is 30.8 Å². The van der Waals surface area contributed by atoms with Crippen LogP contribution in [0.3, 0.4) is 0 Å². The van der Waals surface area contributed by atoms with E-state index >= 15 is 0 Å². The summed E-state index contributed by atoms with van der Waals surface area (Å²) in [5.74, 6) is -1.61. The Hall–Kier alpha value is -2.93. The number of methoxy groups -OCH3 is 2. The van der Waals surface area contributed by atoms with Gasteiger partial charge in [-0.25, -0.2) is 17.6 Å². The second-order valence-electron chi connectivity index (χ2n) is 7.88. The minimum Gasteiger partial charge on any atom is -0.465 e. The number of nitrogens with zero attached hydrogens (tertiary/aromatic N) is 3. The zero-order valence-electron chi connectivity index (χ0n) is 19.1. The molecule has 1 saturated heterocycles. The van der Waals surface area contributed by atoms with Gasteiger partial charge in [0.25, 0.3) is 5.91 Å². The lowest BCUT2D eigenvalue weighted by atomic mass is 10.2. The molecule has 4 rings (SSSR count). The summed E-state index contributed by atoms with van der Waals surface area (Å²) in [6.07, 6.45) is 0.836. The highest BCUT2D eigenvalue weighted by Gasteiger charge is 2.39. The van der Waals surface area contributed by atoms with Gasteiger partial charge in [-0.15, -0.1) is 0 Å². The Bertz CT molecular complexity index is 1430. The van der Waals surface area contributed by atoms with Crippen molar-refractivity contribution in [2.45, 2.75) is 30.3 Å². The molecule has 186 valence electrons. The number of carbonyl (C=O) groups is 2. The number of carbonyl (C=O) groups excluding carboxylic acids is 2. The first-order valence-corrected chi connectivity index (χ1v) is 13.1. The Kier molecular flexibility index (Phi) is 7.45. The van der Waals surface area contributed by atoms with Crippen molar-refractivity contribution in [3.8, 4) is 0 Å². The van der Waals surface area contributed by atoms with E-state index in [-0.39, 0.29) is 11.4 Å². The third kappa shape index (κ3) is 5.06. The van der Waals surface area contributed by atoms with Gasteiger partial charge < -0.3 is 14.0 Å². The van der Waals surface area contributed by atoms with Gasteiger partial charge in [0.2, 0.25) is 10.0 Å². The quantitative estimate of drug-likeness (QED) is 0.443. The number of hydrogen-bond donors (Lipinski definition) is 0. The van der Waals surface area contributed by atoms with E-state index in [0.29, 0.717) is 36.4 Å². The number of aromatic nitrogens is 1. The van der Waals surface area contributed by atoms with E-state index in [1.54, 1.807) is 29.9 Å². The third-order valence-electron chi connectivity index (χ3n) is 5.74. The smallest absolute Gasteiger partial charge is 0.337 e. The number of amides is 1. The van der Waals surface area contributed by atoms with Crippen LogP contribution >= 0.6 is 11.3 Å². The van der Waals surface area contributed by atoms with Crippen LogP contribution in [0.4, 0.5) is 4.39 Å². The van der Waals surface area contributed by atoms with Gasteiger partial charge in [-0.3, -0.25) is 4.79 Å². The molecular weight excluding hydrogens is 497 g/mol. The second kappa shape index (κ2) is 10.4. The second-order valence-corrected chi connectivity index (χ2v) is 10.8. The van der Waals surface area contributed by atoms with Crippen molar-refractivity contribution in [2.75, 3.05) is 27.4 Å². The standard InChI is InChI=1S/C23H24FN3O6S2/c1-32-13-12-26-18-10-5-15(22(29)33-2)14-20(18)34-23(26)25-21(28)19-4-3-11-27(19)35(30,31)17-8-6-16(24)7-9-17/h5-10,14,19H,3-4,11-13H2,1-2H3. The molecule has 0 radical (unpaired) electrons. The first-order chi connectivity index (χ1) is 16.8. The fourth-order valence-corrected chi connectivity index (χ4v) is 6.74. The Labute approximate surface area is 205 Å². The summed E-state index contributed by atoms with van der Waals surface area (Å²) in [4.78, 5) is 29.8. The lowest BCUT2D eigenvalue weighted by Gasteiger charge is -2.21. The summed E-state index contributed by atoms with van der Waals surface area (Å²) in [6, 6.07) is 8.60. The van der Waals surface area contributed by atoms with E-state index in [1.807, 2.05) is 0 Å². The van der Waals surface area contributed by atoms with E-state index in [2.05, 4.69) is 4.99 Å². The zero-order valence-corrected chi connectivity index (χ0v) is 20.8. The third-order valence-corrected chi connectivity index (χ3v) is 8.70. The van der Waals surface area contributed by atoms with Crippen molar-refractivity contribution < 1.29 is 31.9 Å². The lowest BCUT2D eigenvalue weighted by Crippen LogP contribution is -2.40. The molecule has 1 aliphatic rings. The Morgan fingerprint density at radius 2 is 1.91 bits per heavy atom. The number of fused-ring (bicyclic) bond motifs is 1. The predicted octanol–water partition coefficient (Wildman–Crippen LogP) is 2.56. The van der Waals surface area contributed by atoms with Crippen LogP contribution in [0, 0.1) is 5.82 Å².